The van der Waals surface area contributed by atoms with Crippen LogP contribution in [0.4, 0.5) is 4.39 Å². The summed E-state index contributed by atoms with van der Waals surface area (Å²) in [6, 6.07) is 19.5. The van der Waals surface area contributed by atoms with E-state index in [1.165, 1.54) is 23.3 Å². The minimum Gasteiger partial charge on any atom is -0.492 e. The van der Waals surface area contributed by atoms with Gasteiger partial charge in [-0.25, -0.2) is 9.37 Å². The van der Waals surface area contributed by atoms with Crippen molar-refractivity contribution in [2.45, 2.75) is 31.2 Å². The summed E-state index contributed by atoms with van der Waals surface area (Å²) < 4.78 is 28.3. The highest BCUT2D eigenvalue weighted by Crippen LogP contribution is 2.49. The van der Waals surface area contributed by atoms with Crippen molar-refractivity contribution in [2.75, 3.05) is 26.3 Å². The van der Waals surface area contributed by atoms with Gasteiger partial charge in [0.1, 0.15) is 23.9 Å². The van der Waals surface area contributed by atoms with Crippen LogP contribution in [0, 0.1) is 12.7 Å². The van der Waals surface area contributed by atoms with Crippen LogP contribution in [0.25, 0.3) is 11.8 Å². The van der Waals surface area contributed by atoms with Gasteiger partial charge in [0.25, 0.3) is 0 Å². The molecule has 0 aliphatic carbocycles. The first kappa shape index (κ1) is 24.2. The van der Waals surface area contributed by atoms with Gasteiger partial charge in [-0.15, -0.1) is 0 Å². The second-order valence-electron chi connectivity index (χ2n) is 11.4. The standard InChI is InChI=1S/C33H30FN5O2/c1-21-17-38(20-35-21)28-11-8-23(26-12-13-40-31(26)28)14-24-15-33(19-41-30-5-3-2-4-27(30)33)18-39-29(16-36-37-32(24)39)22-6-9-25(34)10-7-22/h2-11,14,17,20,29,36H,12-13,15-16,18-19H2,1H3/b24-14+. The zero-order valence-corrected chi connectivity index (χ0v) is 22.8. The number of ether oxygens (including phenoxy) is 2. The van der Waals surface area contributed by atoms with Crippen LogP contribution in [-0.2, 0) is 11.8 Å². The lowest BCUT2D eigenvalue weighted by molar-refractivity contribution is 0.170. The third kappa shape index (κ3) is 3.92. The second-order valence-corrected chi connectivity index (χ2v) is 11.4. The Bertz CT molecular complexity index is 1730. The average molecular weight is 548 g/mol. The molecule has 0 saturated carbocycles. The molecule has 4 aliphatic rings. The molecule has 0 radical (unpaired) electrons. The highest BCUT2D eigenvalue weighted by Gasteiger charge is 2.49. The minimum absolute atomic E-state index is 0.0114. The number of rotatable bonds is 3. The number of aryl methyl sites for hydroxylation is 1. The van der Waals surface area contributed by atoms with Gasteiger partial charge in [-0.05, 0) is 60.4 Å². The van der Waals surface area contributed by atoms with Gasteiger partial charge in [-0.3, -0.25) is 0 Å². The molecule has 1 fully saturated rings. The number of nitrogens with one attached hydrogen (secondary N) is 1. The van der Waals surface area contributed by atoms with E-state index in [9.17, 15) is 4.39 Å². The molecular weight excluding hydrogens is 517 g/mol. The molecule has 2 unspecified atom stereocenters. The molecule has 1 aromatic heterocycles. The molecule has 7 nitrogen and oxygen atoms in total. The van der Waals surface area contributed by atoms with Crippen molar-refractivity contribution in [3.63, 3.8) is 0 Å². The van der Waals surface area contributed by atoms with Crippen LogP contribution in [0.1, 0.15) is 40.4 Å². The normalized spacial score (nSPS) is 23.4. The van der Waals surface area contributed by atoms with Gasteiger partial charge < -0.3 is 24.4 Å². The van der Waals surface area contributed by atoms with Crippen LogP contribution in [0.2, 0.25) is 0 Å². The fourth-order valence-electron chi connectivity index (χ4n) is 6.88. The van der Waals surface area contributed by atoms with E-state index < -0.39 is 0 Å². The number of hydrogen-bond acceptors (Lipinski definition) is 6. The monoisotopic (exact) mass is 547 g/mol. The summed E-state index contributed by atoms with van der Waals surface area (Å²) in [7, 11) is 0. The van der Waals surface area contributed by atoms with Crippen molar-refractivity contribution in [2.24, 2.45) is 5.10 Å². The zero-order chi connectivity index (χ0) is 27.6. The molecule has 8 rings (SSSR count). The fraction of sp³-hybridized carbons (Fsp3) is 0.273. The third-order valence-corrected chi connectivity index (χ3v) is 8.82. The van der Waals surface area contributed by atoms with Gasteiger partial charge in [-0.1, -0.05) is 36.4 Å². The molecule has 41 heavy (non-hydrogen) atoms. The van der Waals surface area contributed by atoms with E-state index in [0.717, 1.165) is 64.8 Å². The largest absolute Gasteiger partial charge is 0.492 e. The SMILES string of the molecule is Cc1cn(-c2ccc(/C=C3\CC4(COc5ccccc54)CN4C3=NNCC4c3ccc(F)cc3)c3c2OCC3)cn1. The van der Waals surface area contributed by atoms with Gasteiger partial charge in [0.15, 0.2) is 5.84 Å². The first-order chi connectivity index (χ1) is 20.1. The molecule has 1 spiro atoms. The topological polar surface area (TPSA) is 63.9 Å². The van der Waals surface area contributed by atoms with Gasteiger partial charge in [0.2, 0.25) is 0 Å². The van der Waals surface area contributed by atoms with Crippen LogP contribution in [0.5, 0.6) is 11.5 Å². The second kappa shape index (κ2) is 9.23. The number of hydrazone groups is 1. The fourth-order valence-corrected chi connectivity index (χ4v) is 6.88. The molecule has 1 saturated heterocycles. The number of benzene rings is 3. The van der Waals surface area contributed by atoms with E-state index in [-0.39, 0.29) is 17.3 Å². The molecule has 8 heteroatoms. The number of aromatic nitrogens is 2. The Morgan fingerprint density at radius 1 is 1.07 bits per heavy atom. The number of hydrogen-bond donors (Lipinski definition) is 1. The van der Waals surface area contributed by atoms with Crippen LogP contribution in [0.15, 0.2) is 83.9 Å². The number of nitrogens with zero attached hydrogens (tertiary/aromatic N) is 4. The van der Waals surface area contributed by atoms with Gasteiger partial charge in [0.05, 0.1) is 42.3 Å². The number of para-hydroxylation sites is 1. The quantitative estimate of drug-likeness (QED) is 0.376. The molecular formula is C33H30FN5O2. The molecule has 4 aliphatic heterocycles. The molecule has 0 bridgehead atoms. The summed E-state index contributed by atoms with van der Waals surface area (Å²) in [6.45, 7) is 4.66. The Labute approximate surface area is 237 Å². The summed E-state index contributed by atoms with van der Waals surface area (Å²) in [5.41, 5.74) is 10.8. The first-order valence-corrected chi connectivity index (χ1v) is 14.1. The third-order valence-electron chi connectivity index (χ3n) is 8.82. The van der Waals surface area contributed by atoms with E-state index in [1.807, 2.05) is 42.2 Å². The summed E-state index contributed by atoms with van der Waals surface area (Å²) in [5, 5.41) is 4.86. The number of piperidine rings is 1. The number of amidine groups is 1. The van der Waals surface area contributed by atoms with Crippen molar-refractivity contribution in [3.05, 3.63) is 113 Å². The van der Waals surface area contributed by atoms with Crippen molar-refractivity contribution in [1.82, 2.24) is 19.9 Å². The smallest absolute Gasteiger partial charge is 0.152 e. The van der Waals surface area contributed by atoms with Crippen molar-refractivity contribution in [3.8, 4) is 17.2 Å². The van der Waals surface area contributed by atoms with Gasteiger partial charge in [0, 0.05) is 30.3 Å². The number of halogens is 1. The number of fused-ring (bicyclic) bond motifs is 4. The van der Waals surface area contributed by atoms with E-state index in [4.69, 9.17) is 14.6 Å². The van der Waals surface area contributed by atoms with Gasteiger partial charge >= 0.3 is 0 Å². The molecule has 0 amide bonds. The Morgan fingerprint density at radius 3 is 2.80 bits per heavy atom. The Hall–Kier alpha value is -4.59. The molecule has 5 heterocycles. The lowest BCUT2D eigenvalue weighted by Gasteiger charge is -2.48. The van der Waals surface area contributed by atoms with Crippen molar-refractivity contribution < 1.29 is 13.9 Å². The van der Waals surface area contributed by atoms with E-state index in [2.05, 4.69) is 51.7 Å². The first-order valence-electron chi connectivity index (χ1n) is 14.1. The van der Waals surface area contributed by atoms with Gasteiger partial charge in [-0.2, -0.15) is 5.10 Å². The van der Waals surface area contributed by atoms with Crippen molar-refractivity contribution in [1.29, 1.82) is 0 Å². The molecule has 1 N–H and O–H groups in total. The Kier molecular flexibility index (Phi) is 5.45. The van der Waals surface area contributed by atoms with Crippen molar-refractivity contribution >= 4 is 11.9 Å². The minimum atomic E-state index is -0.231. The molecule has 4 aromatic rings. The highest BCUT2D eigenvalue weighted by atomic mass is 19.1. The predicted molar refractivity (Wildman–Crippen MR) is 155 cm³/mol. The molecule has 206 valence electrons. The zero-order valence-electron chi connectivity index (χ0n) is 22.8. The van der Waals surface area contributed by atoms with E-state index >= 15 is 0 Å². The van der Waals surface area contributed by atoms with Crippen LogP contribution in [0.3, 0.4) is 0 Å². The average Bonchev–Trinajstić information content (AvgIpc) is 3.74. The van der Waals surface area contributed by atoms with Crippen LogP contribution in [-0.4, -0.2) is 46.6 Å². The summed E-state index contributed by atoms with van der Waals surface area (Å²) in [5.74, 6) is 2.57. The molecule has 2 atom stereocenters. The molecule has 3 aromatic carbocycles. The Balaban J connectivity index is 1.25. The Morgan fingerprint density at radius 2 is 1.95 bits per heavy atom. The lowest BCUT2D eigenvalue weighted by Crippen LogP contribution is -2.56. The highest BCUT2D eigenvalue weighted by molar-refractivity contribution is 6.04. The summed E-state index contributed by atoms with van der Waals surface area (Å²) in [4.78, 5) is 6.80. The van der Waals surface area contributed by atoms with E-state index in [0.29, 0.717) is 19.8 Å². The van der Waals surface area contributed by atoms with Crippen LogP contribution < -0.4 is 14.9 Å². The van der Waals surface area contributed by atoms with Crippen LogP contribution >= 0.6 is 0 Å². The predicted octanol–water partition coefficient (Wildman–Crippen LogP) is 5.33. The summed E-state index contributed by atoms with van der Waals surface area (Å²) in [6.07, 6.45) is 7.80. The maximum atomic E-state index is 13.9. The summed E-state index contributed by atoms with van der Waals surface area (Å²) >= 11 is 0. The van der Waals surface area contributed by atoms with E-state index in [1.54, 1.807) is 0 Å². The lowest BCUT2D eigenvalue weighted by atomic mass is 9.72. The number of imidazole rings is 1. The maximum Gasteiger partial charge on any atom is 0.152 e. The maximum absolute atomic E-state index is 13.9.